The first-order valence-corrected chi connectivity index (χ1v) is 6.36. The van der Waals surface area contributed by atoms with Gasteiger partial charge in [-0.1, -0.05) is 18.2 Å². The van der Waals surface area contributed by atoms with Gasteiger partial charge in [0, 0.05) is 0 Å². The second kappa shape index (κ2) is 5.65. The highest BCUT2D eigenvalue weighted by Crippen LogP contribution is 2.35. The first-order valence-electron chi connectivity index (χ1n) is 6.36. The molecule has 2 N–H and O–H groups in total. The van der Waals surface area contributed by atoms with Gasteiger partial charge in [0.1, 0.15) is 17.2 Å². The Balaban J connectivity index is 2.25. The summed E-state index contributed by atoms with van der Waals surface area (Å²) in [5, 5.41) is 0. The average Bonchev–Trinajstić information content (AvgIpc) is 2.34. The topological polar surface area (TPSA) is 44.5 Å². The maximum Gasteiger partial charge on any atom is 0.154 e. The lowest BCUT2D eigenvalue weighted by molar-refractivity contribution is 0.243. The number of nitrogens with two attached hydrogens (primary N) is 1. The van der Waals surface area contributed by atoms with E-state index >= 15 is 0 Å². The van der Waals surface area contributed by atoms with Crippen molar-refractivity contribution in [3.8, 4) is 17.2 Å². The quantitative estimate of drug-likeness (QED) is 0.836. The maximum absolute atomic E-state index is 6.07. The van der Waals surface area contributed by atoms with Crippen molar-refractivity contribution in [3.63, 3.8) is 0 Å². The molecule has 0 saturated carbocycles. The van der Waals surface area contributed by atoms with Crippen molar-refractivity contribution in [1.29, 1.82) is 0 Å². The van der Waals surface area contributed by atoms with Gasteiger partial charge in [-0.15, -0.1) is 0 Å². The number of anilines is 1. The van der Waals surface area contributed by atoms with Gasteiger partial charge in [0.2, 0.25) is 0 Å². The van der Waals surface area contributed by atoms with Crippen LogP contribution in [0.25, 0.3) is 0 Å². The molecule has 3 nitrogen and oxygen atoms in total. The first kappa shape index (κ1) is 13.3. The zero-order chi connectivity index (χ0) is 13.8. The van der Waals surface area contributed by atoms with Crippen molar-refractivity contribution in [3.05, 3.63) is 48.0 Å². The molecule has 19 heavy (non-hydrogen) atoms. The molecule has 0 spiro atoms. The highest BCUT2D eigenvalue weighted by Gasteiger charge is 2.09. The highest BCUT2D eigenvalue weighted by atomic mass is 16.5. The Morgan fingerprint density at radius 3 is 2.37 bits per heavy atom. The van der Waals surface area contributed by atoms with Gasteiger partial charge in [0.15, 0.2) is 5.75 Å². The Labute approximate surface area is 114 Å². The molecule has 0 atom stereocenters. The smallest absolute Gasteiger partial charge is 0.154 e. The number of rotatable bonds is 4. The van der Waals surface area contributed by atoms with Crippen LogP contribution in [0.4, 0.5) is 5.69 Å². The van der Waals surface area contributed by atoms with Crippen molar-refractivity contribution < 1.29 is 9.47 Å². The number of ether oxygens (including phenoxy) is 2. The van der Waals surface area contributed by atoms with Crippen LogP contribution in [0.2, 0.25) is 0 Å². The minimum Gasteiger partial charge on any atom is -0.489 e. The fourth-order valence-corrected chi connectivity index (χ4v) is 1.78. The minimum absolute atomic E-state index is 0.0801. The second-order valence-corrected chi connectivity index (χ2v) is 4.75. The molecule has 0 amide bonds. The van der Waals surface area contributed by atoms with Gasteiger partial charge in [0.05, 0.1) is 6.10 Å². The van der Waals surface area contributed by atoms with Crippen LogP contribution in [0.5, 0.6) is 17.2 Å². The molecule has 3 heteroatoms. The summed E-state index contributed by atoms with van der Waals surface area (Å²) in [7, 11) is 0. The van der Waals surface area contributed by atoms with Crippen LogP contribution in [-0.4, -0.2) is 6.10 Å². The summed E-state index contributed by atoms with van der Waals surface area (Å²) in [5.41, 5.74) is 7.74. The van der Waals surface area contributed by atoms with E-state index in [9.17, 15) is 0 Å². The van der Waals surface area contributed by atoms with Crippen molar-refractivity contribution in [2.24, 2.45) is 0 Å². The first-order chi connectivity index (χ1) is 9.06. The van der Waals surface area contributed by atoms with Crippen LogP contribution in [0.15, 0.2) is 42.5 Å². The van der Waals surface area contributed by atoms with Gasteiger partial charge in [-0.05, 0) is 50.6 Å². The minimum atomic E-state index is 0.0801. The van der Waals surface area contributed by atoms with E-state index in [4.69, 9.17) is 15.2 Å². The van der Waals surface area contributed by atoms with E-state index in [1.54, 1.807) is 0 Å². The molecule has 0 aliphatic rings. The van der Waals surface area contributed by atoms with E-state index in [1.807, 2.05) is 63.2 Å². The molecule has 0 fully saturated rings. The normalized spacial score (nSPS) is 10.5. The Morgan fingerprint density at radius 1 is 1.00 bits per heavy atom. The summed E-state index contributed by atoms with van der Waals surface area (Å²) < 4.78 is 11.4. The number of benzene rings is 2. The summed E-state index contributed by atoms with van der Waals surface area (Å²) >= 11 is 0. The van der Waals surface area contributed by atoms with E-state index in [1.165, 1.54) is 0 Å². The molecule has 100 valence electrons. The third-order valence-electron chi connectivity index (χ3n) is 2.61. The van der Waals surface area contributed by atoms with E-state index in [-0.39, 0.29) is 6.10 Å². The lowest BCUT2D eigenvalue weighted by atomic mass is 10.2. The van der Waals surface area contributed by atoms with Crippen LogP contribution in [0.1, 0.15) is 19.4 Å². The molecule has 2 aromatic carbocycles. The molecule has 0 aliphatic carbocycles. The summed E-state index contributed by atoms with van der Waals surface area (Å²) in [6, 6.07) is 13.4. The predicted molar refractivity (Wildman–Crippen MR) is 77.9 cm³/mol. The fraction of sp³-hybridized carbons (Fsp3) is 0.250. The summed E-state index contributed by atoms with van der Waals surface area (Å²) in [6.07, 6.45) is 0.0801. The van der Waals surface area contributed by atoms with Crippen LogP contribution < -0.4 is 15.2 Å². The number of aryl methyl sites for hydroxylation is 1. The third-order valence-corrected chi connectivity index (χ3v) is 2.61. The lowest BCUT2D eigenvalue weighted by Gasteiger charge is -2.15. The SMILES string of the molecule is Cc1cccc(Oc2cccc(OC(C)C)c2N)c1. The molecule has 2 rings (SSSR count). The number of hydrogen-bond acceptors (Lipinski definition) is 3. The molecule has 0 heterocycles. The monoisotopic (exact) mass is 257 g/mol. The summed E-state index contributed by atoms with van der Waals surface area (Å²) in [4.78, 5) is 0. The highest BCUT2D eigenvalue weighted by molar-refractivity contribution is 5.63. The molecule has 0 aromatic heterocycles. The van der Waals surface area contributed by atoms with Crippen LogP contribution in [0, 0.1) is 6.92 Å². The zero-order valence-electron chi connectivity index (χ0n) is 11.5. The number of hydrogen-bond donors (Lipinski definition) is 1. The van der Waals surface area contributed by atoms with Gasteiger partial charge in [-0.3, -0.25) is 0 Å². The van der Waals surface area contributed by atoms with E-state index in [0.29, 0.717) is 17.2 Å². The van der Waals surface area contributed by atoms with Crippen molar-refractivity contribution in [2.45, 2.75) is 26.9 Å². The molecule has 0 aliphatic heterocycles. The lowest BCUT2D eigenvalue weighted by Crippen LogP contribution is -2.07. The standard InChI is InChI=1S/C16H19NO2/c1-11(2)18-14-8-5-9-15(16(14)17)19-13-7-4-6-12(3)10-13/h4-11H,17H2,1-3H3. The third kappa shape index (κ3) is 3.41. The molecule has 0 unspecified atom stereocenters. The average molecular weight is 257 g/mol. The van der Waals surface area contributed by atoms with Crippen molar-refractivity contribution >= 4 is 5.69 Å². The second-order valence-electron chi connectivity index (χ2n) is 4.75. The van der Waals surface area contributed by atoms with Gasteiger partial charge >= 0.3 is 0 Å². The van der Waals surface area contributed by atoms with Crippen molar-refractivity contribution in [1.82, 2.24) is 0 Å². The van der Waals surface area contributed by atoms with Crippen LogP contribution in [-0.2, 0) is 0 Å². The molecule has 0 saturated heterocycles. The molecular formula is C16H19NO2. The Bertz CT molecular complexity index is 564. The number of para-hydroxylation sites is 1. The van der Waals surface area contributed by atoms with Crippen molar-refractivity contribution in [2.75, 3.05) is 5.73 Å². The molecular weight excluding hydrogens is 238 g/mol. The maximum atomic E-state index is 6.07. The van der Waals surface area contributed by atoms with Crippen LogP contribution in [0.3, 0.4) is 0 Å². The van der Waals surface area contributed by atoms with E-state index < -0.39 is 0 Å². The Kier molecular flexibility index (Phi) is 3.95. The largest absolute Gasteiger partial charge is 0.489 e. The Hall–Kier alpha value is -2.16. The van der Waals surface area contributed by atoms with Gasteiger partial charge in [-0.25, -0.2) is 0 Å². The fourth-order valence-electron chi connectivity index (χ4n) is 1.78. The molecule has 2 aromatic rings. The number of nitrogen functional groups attached to an aromatic ring is 1. The predicted octanol–water partition coefficient (Wildman–Crippen LogP) is 4.16. The molecule has 0 radical (unpaired) electrons. The van der Waals surface area contributed by atoms with Gasteiger partial charge in [0.25, 0.3) is 0 Å². The van der Waals surface area contributed by atoms with Gasteiger partial charge in [-0.2, -0.15) is 0 Å². The molecule has 0 bridgehead atoms. The summed E-state index contributed by atoms with van der Waals surface area (Å²) in [6.45, 7) is 5.95. The summed E-state index contributed by atoms with van der Waals surface area (Å²) in [5.74, 6) is 2.04. The Morgan fingerprint density at radius 2 is 1.68 bits per heavy atom. The van der Waals surface area contributed by atoms with E-state index in [0.717, 1.165) is 11.3 Å². The van der Waals surface area contributed by atoms with E-state index in [2.05, 4.69) is 0 Å². The zero-order valence-corrected chi connectivity index (χ0v) is 11.5. The van der Waals surface area contributed by atoms with Crippen LogP contribution >= 0.6 is 0 Å². The van der Waals surface area contributed by atoms with Gasteiger partial charge < -0.3 is 15.2 Å².